The van der Waals surface area contributed by atoms with Gasteiger partial charge in [-0.05, 0) is 5.56 Å². The Labute approximate surface area is 83.3 Å². The third-order valence-corrected chi connectivity index (χ3v) is 2.24. The molecule has 0 saturated carbocycles. The van der Waals surface area contributed by atoms with Gasteiger partial charge in [0.15, 0.2) is 6.10 Å². The molecule has 0 aromatic heterocycles. The van der Waals surface area contributed by atoms with E-state index in [1.165, 1.54) is 7.11 Å². The predicted molar refractivity (Wildman–Crippen MR) is 52.9 cm³/mol. The Hall–Kier alpha value is -1.35. The first kappa shape index (κ1) is 10.7. The maximum absolute atomic E-state index is 11.1. The summed E-state index contributed by atoms with van der Waals surface area (Å²) < 4.78 is 4.47. The van der Waals surface area contributed by atoms with Gasteiger partial charge >= 0.3 is 5.97 Å². The number of ether oxygens (including phenoxy) is 1. The number of aliphatic hydroxyl groups is 1. The van der Waals surface area contributed by atoms with Crippen LogP contribution in [0.2, 0.25) is 0 Å². The average molecular weight is 194 g/mol. The van der Waals surface area contributed by atoms with Crippen LogP contribution in [0.1, 0.15) is 18.4 Å². The summed E-state index contributed by atoms with van der Waals surface area (Å²) in [6, 6.07) is 9.38. The predicted octanol–water partition coefficient (Wildman–Crippen LogP) is 1.32. The van der Waals surface area contributed by atoms with Crippen molar-refractivity contribution < 1.29 is 14.6 Å². The van der Waals surface area contributed by atoms with Gasteiger partial charge in [-0.25, -0.2) is 4.79 Å². The first-order chi connectivity index (χ1) is 6.66. The van der Waals surface area contributed by atoms with Crippen molar-refractivity contribution in [1.82, 2.24) is 0 Å². The minimum Gasteiger partial charge on any atom is -0.467 e. The van der Waals surface area contributed by atoms with Crippen LogP contribution in [0.3, 0.4) is 0 Å². The highest BCUT2D eigenvalue weighted by Gasteiger charge is 2.23. The summed E-state index contributed by atoms with van der Waals surface area (Å²) in [6.07, 6.45) is -1.10. The lowest BCUT2D eigenvalue weighted by Gasteiger charge is -2.16. The number of rotatable bonds is 3. The van der Waals surface area contributed by atoms with E-state index in [1.54, 1.807) is 6.92 Å². The van der Waals surface area contributed by atoms with Crippen LogP contribution in [0, 0.1) is 0 Å². The number of hydrogen-bond acceptors (Lipinski definition) is 3. The molecule has 1 rings (SSSR count). The maximum Gasteiger partial charge on any atom is 0.335 e. The minimum absolute atomic E-state index is 0.247. The topological polar surface area (TPSA) is 46.5 Å². The van der Waals surface area contributed by atoms with Crippen LogP contribution in [-0.4, -0.2) is 24.3 Å². The van der Waals surface area contributed by atoms with E-state index in [-0.39, 0.29) is 5.92 Å². The Morgan fingerprint density at radius 3 is 2.43 bits per heavy atom. The smallest absolute Gasteiger partial charge is 0.335 e. The van der Waals surface area contributed by atoms with Gasteiger partial charge in [-0.3, -0.25) is 0 Å². The Kier molecular flexibility index (Phi) is 3.65. The van der Waals surface area contributed by atoms with Crippen LogP contribution in [-0.2, 0) is 9.53 Å². The van der Waals surface area contributed by atoms with Crippen molar-refractivity contribution in [3.05, 3.63) is 35.9 Å². The van der Waals surface area contributed by atoms with Gasteiger partial charge < -0.3 is 9.84 Å². The number of aliphatic hydroxyl groups excluding tert-OH is 1. The molecule has 0 bridgehead atoms. The number of carbonyl (C=O) groups excluding carboxylic acids is 1. The average Bonchev–Trinajstić information content (AvgIpc) is 2.27. The second-order valence-electron chi connectivity index (χ2n) is 3.17. The first-order valence-electron chi connectivity index (χ1n) is 4.47. The fourth-order valence-corrected chi connectivity index (χ4v) is 1.26. The summed E-state index contributed by atoms with van der Waals surface area (Å²) in [4.78, 5) is 11.1. The molecule has 2 atom stereocenters. The third-order valence-electron chi connectivity index (χ3n) is 2.24. The molecule has 0 aliphatic heterocycles. The number of carbonyl (C=O) groups is 1. The molecule has 1 N–H and O–H groups in total. The summed E-state index contributed by atoms with van der Waals surface area (Å²) in [5.74, 6) is -0.843. The van der Waals surface area contributed by atoms with Crippen LogP contribution < -0.4 is 0 Å². The van der Waals surface area contributed by atoms with Crippen molar-refractivity contribution in [2.45, 2.75) is 18.9 Å². The monoisotopic (exact) mass is 194 g/mol. The fraction of sp³-hybridized carbons (Fsp3) is 0.364. The van der Waals surface area contributed by atoms with Gasteiger partial charge in [-0.15, -0.1) is 0 Å². The number of esters is 1. The zero-order valence-electron chi connectivity index (χ0n) is 8.31. The summed E-state index contributed by atoms with van der Waals surface area (Å²) in [6.45, 7) is 1.79. The molecule has 76 valence electrons. The van der Waals surface area contributed by atoms with Crippen molar-refractivity contribution in [3.63, 3.8) is 0 Å². The molecule has 14 heavy (non-hydrogen) atoms. The van der Waals surface area contributed by atoms with Crippen LogP contribution in [0.25, 0.3) is 0 Å². The van der Waals surface area contributed by atoms with Gasteiger partial charge in [-0.2, -0.15) is 0 Å². The highest BCUT2D eigenvalue weighted by Crippen LogP contribution is 2.19. The van der Waals surface area contributed by atoms with Gasteiger partial charge in [0.05, 0.1) is 7.11 Å². The largest absolute Gasteiger partial charge is 0.467 e. The summed E-state index contributed by atoms with van der Waals surface area (Å²) in [5, 5.41) is 9.57. The summed E-state index contributed by atoms with van der Waals surface area (Å²) in [7, 11) is 1.27. The lowest BCUT2D eigenvalue weighted by atomic mass is 9.95. The van der Waals surface area contributed by atoms with Gasteiger partial charge in [0, 0.05) is 5.92 Å². The normalized spacial score (nSPS) is 14.5. The van der Waals surface area contributed by atoms with E-state index in [4.69, 9.17) is 0 Å². The zero-order chi connectivity index (χ0) is 10.6. The van der Waals surface area contributed by atoms with Crippen LogP contribution in [0.5, 0.6) is 0 Å². The molecule has 1 aromatic rings. The highest BCUT2D eigenvalue weighted by molar-refractivity contribution is 5.75. The van der Waals surface area contributed by atoms with Crippen LogP contribution >= 0.6 is 0 Å². The Morgan fingerprint density at radius 2 is 1.93 bits per heavy atom. The van der Waals surface area contributed by atoms with E-state index in [1.807, 2.05) is 30.3 Å². The highest BCUT2D eigenvalue weighted by atomic mass is 16.5. The summed E-state index contributed by atoms with van der Waals surface area (Å²) >= 11 is 0. The molecule has 0 aliphatic carbocycles. The second-order valence-corrected chi connectivity index (χ2v) is 3.17. The van der Waals surface area contributed by atoms with Crippen molar-refractivity contribution in [2.75, 3.05) is 7.11 Å². The molecule has 0 aliphatic rings. The summed E-state index contributed by atoms with van der Waals surface area (Å²) in [5.41, 5.74) is 0.922. The van der Waals surface area contributed by atoms with Gasteiger partial charge in [0.2, 0.25) is 0 Å². The molecule has 0 radical (unpaired) electrons. The second kappa shape index (κ2) is 4.77. The lowest BCUT2D eigenvalue weighted by molar-refractivity contribution is -0.151. The van der Waals surface area contributed by atoms with E-state index in [0.29, 0.717) is 0 Å². The quantitative estimate of drug-likeness (QED) is 0.738. The number of methoxy groups -OCH3 is 1. The van der Waals surface area contributed by atoms with Crippen LogP contribution in [0.4, 0.5) is 0 Å². The van der Waals surface area contributed by atoms with E-state index >= 15 is 0 Å². The Balaban J connectivity index is 2.75. The molecule has 0 heterocycles. The van der Waals surface area contributed by atoms with Crippen molar-refractivity contribution >= 4 is 5.97 Å². The molecular formula is C11H14O3. The SMILES string of the molecule is COC(=O)C(O)C(C)c1ccccc1. The van der Waals surface area contributed by atoms with E-state index in [0.717, 1.165) is 5.56 Å². The van der Waals surface area contributed by atoms with Gasteiger partial charge in [0.25, 0.3) is 0 Å². The number of hydrogen-bond donors (Lipinski definition) is 1. The molecule has 2 unspecified atom stereocenters. The van der Waals surface area contributed by atoms with Crippen molar-refractivity contribution in [2.24, 2.45) is 0 Å². The standard InChI is InChI=1S/C11H14O3/c1-8(10(12)11(13)14-2)9-6-4-3-5-7-9/h3-8,10,12H,1-2H3. The van der Waals surface area contributed by atoms with E-state index in [9.17, 15) is 9.90 Å². The fourth-order valence-electron chi connectivity index (χ4n) is 1.26. The number of benzene rings is 1. The minimum atomic E-state index is -1.10. The molecule has 3 heteroatoms. The molecule has 3 nitrogen and oxygen atoms in total. The molecule has 0 fully saturated rings. The van der Waals surface area contributed by atoms with Gasteiger partial charge in [0.1, 0.15) is 0 Å². The van der Waals surface area contributed by atoms with Gasteiger partial charge in [-0.1, -0.05) is 37.3 Å². The Bertz CT molecular complexity index is 295. The first-order valence-corrected chi connectivity index (χ1v) is 4.47. The molecule has 0 saturated heterocycles. The maximum atomic E-state index is 11.1. The zero-order valence-corrected chi connectivity index (χ0v) is 8.31. The van der Waals surface area contributed by atoms with E-state index in [2.05, 4.69) is 4.74 Å². The molecule has 1 aromatic carbocycles. The van der Waals surface area contributed by atoms with Crippen molar-refractivity contribution in [3.8, 4) is 0 Å². The molecule has 0 amide bonds. The molecular weight excluding hydrogens is 180 g/mol. The van der Waals surface area contributed by atoms with Crippen LogP contribution in [0.15, 0.2) is 30.3 Å². The van der Waals surface area contributed by atoms with E-state index < -0.39 is 12.1 Å². The third kappa shape index (κ3) is 2.33. The molecule has 0 spiro atoms. The van der Waals surface area contributed by atoms with Crippen molar-refractivity contribution in [1.29, 1.82) is 0 Å². The Morgan fingerprint density at radius 1 is 1.36 bits per heavy atom. The lowest BCUT2D eigenvalue weighted by Crippen LogP contribution is -2.27.